The Kier molecular flexibility index (Phi) is 15.4. The Morgan fingerprint density at radius 3 is 1.67 bits per heavy atom. The highest BCUT2D eigenvalue weighted by atomic mass is 14.1. The van der Waals surface area contributed by atoms with Crippen LogP contribution in [0.25, 0.3) is 10.8 Å². The second kappa shape index (κ2) is 18.1. The minimum atomic E-state index is 0.732. The van der Waals surface area contributed by atoms with Gasteiger partial charge in [-0.25, -0.2) is 0 Å². The van der Waals surface area contributed by atoms with E-state index in [0.717, 1.165) is 12.5 Å². The molecule has 1 atom stereocenters. The summed E-state index contributed by atoms with van der Waals surface area (Å²) in [5, 5.41) is 2.94. The molecule has 0 aliphatic carbocycles. The third-order valence-electron chi connectivity index (χ3n) is 7.77. The molecular formula is C32H53B. The normalized spacial score (nSPS) is 12.3. The van der Waals surface area contributed by atoms with E-state index in [4.69, 9.17) is 0 Å². The van der Waals surface area contributed by atoms with Gasteiger partial charge in [-0.3, -0.25) is 0 Å². The smallest absolute Gasteiger partial charge is 0.0736 e. The predicted molar refractivity (Wildman–Crippen MR) is 153 cm³/mol. The van der Waals surface area contributed by atoms with Crippen LogP contribution in [0.4, 0.5) is 0 Å². The van der Waals surface area contributed by atoms with E-state index in [1.165, 1.54) is 126 Å². The van der Waals surface area contributed by atoms with Gasteiger partial charge in [-0.1, -0.05) is 179 Å². The first-order chi connectivity index (χ1) is 16.3. The zero-order valence-corrected chi connectivity index (χ0v) is 22.4. The van der Waals surface area contributed by atoms with E-state index >= 15 is 0 Å². The maximum Gasteiger partial charge on any atom is 0.148 e. The lowest BCUT2D eigenvalue weighted by Crippen LogP contribution is -2.24. The van der Waals surface area contributed by atoms with Crippen molar-refractivity contribution in [2.75, 3.05) is 0 Å². The molecule has 1 heteroatoms. The summed E-state index contributed by atoms with van der Waals surface area (Å²) in [6.07, 6.45) is 25.3. The summed E-state index contributed by atoms with van der Waals surface area (Å²) >= 11 is 0. The molecule has 0 N–H and O–H groups in total. The van der Waals surface area contributed by atoms with Gasteiger partial charge in [-0.2, -0.15) is 0 Å². The van der Waals surface area contributed by atoms with Gasteiger partial charge < -0.3 is 0 Å². The van der Waals surface area contributed by atoms with E-state index in [0.29, 0.717) is 0 Å². The first-order valence-electron chi connectivity index (χ1n) is 14.8. The minimum absolute atomic E-state index is 0.732. The fraction of sp³-hybridized carbons (Fsp3) is 0.688. The monoisotopic (exact) mass is 448 g/mol. The molecule has 0 saturated carbocycles. The first-order valence-corrected chi connectivity index (χ1v) is 14.8. The predicted octanol–water partition coefficient (Wildman–Crippen LogP) is 11.3. The van der Waals surface area contributed by atoms with Gasteiger partial charge in [0.05, 0.1) is 0 Å². The molecule has 0 heterocycles. The summed E-state index contributed by atoms with van der Waals surface area (Å²) in [6, 6.07) is 16.2. The van der Waals surface area contributed by atoms with Gasteiger partial charge >= 0.3 is 0 Å². The Morgan fingerprint density at radius 2 is 1.06 bits per heavy atom. The molecule has 0 fully saturated rings. The van der Waals surface area contributed by atoms with Crippen LogP contribution in [0.2, 0.25) is 12.6 Å². The number of benzene rings is 2. The largest absolute Gasteiger partial charge is 0.148 e. The minimum Gasteiger partial charge on any atom is -0.0736 e. The molecule has 0 aliphatic rings. The fourth-order valence-corrected chi connectivity index (χ4v) is 5.75. The molecular weight excluding hydrogens is 395 g/mol. The van der Waals surface area contributed by atoms with Crippen molar-refractivity contribution in [2.24, 2.45) is 0 Å². The second-order valence-electron chi connectivity index (χ2n) is 10.5. The molecule has 33 heavy (non-hydrogen) atoms. The molecule has 2 rings (SSSR count). The van der Waals surface area contributed by atoms with E-state index in [-0.39, 0.29) is 0 Å². The van der Waals surface area contributed by atoms with Crippen LogP contribution in [0.15, 0.2) is 42.5 Å². The Balaban J connectivity index is 2.17. The van der Waals surface area contributed by atoms with Crippen molar-refractivity contribution in [1.29, 1.82) is 0 Å². The highest BCUT2D eigenvalue weighted by Crippen LogP contribution is 2.35. The van der Waals surface area contributed by atoms with Crippen molar-refractivity contribution >= 4 is 17.5 Å². The van der Waals surface area contributed by atoms with Gasteiger partial charge in [-0.15, -0.1) is 0 Å². The maximum absolute atomic E-state index is 2.47. The van der Waals surface area contributed by atoms with Crippen LogP contribution in [-0.4, -0.2) is 6.71 Å². The van der Waals surface area contributed by atoms with Crippen molar-refractivity contribution in [1.82, 2.24) is 0 Å². The highest BCUT2D eigenvalue weighted by molar-refractivity contribution is 6.60. The maximum atomic E-state index is 2.47. The van der Waals surface area contributed by atoms with Crippen molar-refractivity contribution < 1.29 is 0 Å². The standard InChI is InChI=1S/C32H53B/c1-4-7-10-13-16-26-32(31-25-21-23-29-22-17-18-24-30(29)31)33(27-19-14-11-8-5-2)28-20-15-12-9-6-3/h17-18,21-25,32H,4-16,19-20,26-28H2,1-3H3. The molecule has 0 amide bonds. The van der Waals surface area contributed by atoms with Crippen molar-refractivity contribution in [3.63, 3.8) is 0 Å². The number of rotatable bonds is 20. The van der Waals surface area contributed by atoms with Crippen LogP contribution in [0.1, 0.15) is 135 Å². The lowest BCUT2D eigenvalue weighted by molar-refractivity contribution is 0.592. The SMILES string of the molecule is CCCCCCCB(CCCCCCC)C(CCCCCCC)c1cccc2ccccc12. The third kappa shape index (κ3) is 10.7. The number of unbranched alkanes of at least 4 members (excludes halogenated alkanes) is 12. The number of hydrogen-bond acceptors (Lipinski definition) is 0. The molecule has 0 saturated heterocycles. The molecule has 0 aromatic heterocycles. The highest BCUT2D eigenvalue weighted by Gasteiger charge is 2.27. The van der Waals surface area contributed by atoms with Crippen molar-refractivity contribution in [3.05, 3.63) is 48.0 Å². The molecule has 0 aliphatic heterocycles. The van der Waals surface area contributed by atoms with Gasteiger partial charge in [-0.05, 0) is 22.2 Å². The van der Waals surface area contributed by atoms with Gasteiger partial charge in [0.2, 0.25) is 0 Å². The Morgan fingerprint density at radius 1 is 0.545 bits per heavy atom. The van der Waals surface area contributed by atoms with E-state index in [9.17, 15) is 0 Å². The Hall–Kier alpha value is -1.24. The summed E-state index contributed by atoms with van der Waals surface area (Å²) in [5.74, 6) is 0.732. The molecule has 2 aromatic carbocycles. The van der Waals surface area contributed by atoms with Crippen LogP contribution >= 0.6 is 0 Å². The molecule has 0 nitrogen and oxygen atoms in total. The molecule has 0 bridgehead atoms. The molecule has 2 aromatic rings. The average molecular weight is 449 g/mol. The summed E-state index contributed by atoms with van der Waals surface area (Å²) in [6.45, 7) is 7.83. The number of fused-ring (bicyclic) bond motifs is 1. The van der Waals surface area contributed by atoms with Crippen molar-refractivity contribution in [3.8, 4) is 0 Å². The van der Waals surface area contributed by atoms with Crippen LogP contribution in [-0.2, 0) is 0 Å². The second-order valence-corrected chi connectivity index (χ2v) is 10.5. The molecule has 1 unspecified atom stereocenters. The van der Waals surface area contributed by atoms with Gasteiger partial charge in [0.25, 0.3) is 0 Å². The topological polar surface area (TPSA) is 0 Å². The van der Waals surface area contributed by atoms with E-state index in [1.54, 1.807) is 5.56 Å². The van der Waals surface area contributed by atoms with E-state index < -0.39 is 0 Å². The zero-order chi connectivity index (χ0) is 23.6. The van der Waals surface area contributed by atoms with Gasteiger partial charge in [0.15, 0.2) is 0 Å². The van der Waals surface area contributed by atoms with Gasteiger partial charge in [0.1, 0.15) is 6.71 Å². The fourth-order valence-electron chi connectivity index (χ4n) is 5.75. The van der Waals surface area contributed by atoms with E-state index in [2.05, 4.69) is 63.2 Å². The lowest BCUT2D eigenvalue weighted by Gasteiger charge is -2.27. The third-order valence-corrected chi connectivity index (χ3v) is 7.77. The van der Waals surface area contributed by atoms with Crippen LogP contribution in [0.3, 0.4) is 0 Å². The number of hydrogen-bond donors (Lipinski definition) is 0. The molecule has 0 radical (unpaired) electrons. The average Bonchev–Trinajstić information content (AvgIpc) is 2.85. The zero-order valence-electron chi connectivity index (χ0n) is 22.4. The lowest BCUT2D eigenvalue weighted by atomic mass is 9.34. The summed E-state index contributed by atoms with van der Waals surface area (Å²) in [7, 11) is 0. The quantitative estimate of drug-likeness (QED) is 0.140. The van der Waals surface area contributed by atoms with Crippen LogP contribution < -0.4 is 0 Å². The molecule has 184 valence electrons. The van der Waals surface area contributed by atoms with Crippen LogP contribution in [0, 0.1) is 0 Å². The summed E-state index contributed by atoms with van der Waals surface area (Å²) in [4.78, 5) is 0. The van der Waals surface area contributed by atoms with Gasteiger partial charge in [0, 0.05) is 0 Å². The van der Waals surface area contributed by atoms with Crippen molar-refractivity contribution in [2.45, 2.75) is 142 Å². The first kappa shape index (κ1) is 28.0. The Bertz CT molecular complexity index is 702. The summed E-state index contributed by atoms with van der Waals surface area (Å²) in [5.41, 5.74) is 1.65. The Labute approximate surface area is 207 Å². The van der Waals surface area contributed by atoms with E-state index in [1.807, 2.05) is 0 Å². The summed E-state index contributed by atoms with van der Waals surface area (Å²) < 4.78 is 0. The van der Waals surface area contributed by atoms with Crippen LogP contribution in [0.5, 0.6) is 0 Å². The molecule has 0 spiro atoms.